The van der Waals surface area contributed by atoms with Crippen LogP contribution in [-0.2, 0) is 11.3 Å². The van der Waals surface area contributed by atoms with Gasteiger partial charge in [-0.3, -0.25) is 14.7 Å². The first-order valence-electron chi connectivity index (χ1n) is 9.40. The first-order valence-corrected chi connectivity index (χ1v) is 9.40. The van der Waals surface area contributed by atoms with Crippen LogP contribution in [0.15, 0.2) is 42.7 Å². The monoisotopic (exact) mass is 368 g/mol. The molecule has 1 amide bonds. The third-order valence-electron chi connectivity index (χ3n) is 4.93. The Labute approximate surface area is 158 Å². The Balaban J connectivity index is 1.28. The molecular formula is C20H24N4O3. The molecular weight excluding hydrogens is 344 g/mol. The van der Waals surface area contributed by atoms with Crippen LogP contribution in [0.4, 0.5) is 0 Å². The van der Waals surface area contributed by atoms with Gasteiger partial charge in [-0.15, -0.1) is 0 Å². The van der Waals surface area contributed by atoms with Gasteiger partial charge in [0.05, 0.1) is 24.5 Å². The van der Waals surface area contributed by atoms with Crippen LogP contribution < -0.4 is 4.74 Å². The first-order chi connectivity index (χ1) is 13.3. The molecule has 2 aromatic heterocycles. The molecule has 4 heterocycles. The lowest BCUT2D eigenvalue weighted by molar-refractivity contribution is 0.0626. The second-order valence-electron chi connectivity index (χ2n) is 6.88. The lowest BCUT2D eigenvalue weighted by Gasteiger charge is -2.34. The summed E-state index contributed by atoms with van der Waals surface area (Å²) in [5.74, 6) is 0.568. The zero-order chi connectivity index (χ0) is 18.5. The summed E-state index contributed by atoms with van der Waals surface area (Å²) in [5.41, 5.74) is 1.66. The maximum absolute atomic E-state index is 12.7. The second kappa shape index (κ2) is 8.45. The largest absolute Gasteiger partial charge is 0.472 e. The lowest BCUT2D eigenvalue weighted by Crippen LogP contribution is -2.48. The highest BCUT2D eigenvalue weighted by molar-refractivity contribution is 5.94. The Morgan fingerprint density at radius 2 is 2.04 bits per heavy atom. The quantitative estimate of drug-likeness (QED) is 0.799. The average molecular weight is 368 g/mol. The van der Waals surface area contributed by atoms with Gasteiger partial charge in [0.2, 0.25) is 5.88 Å². The number of pyridine rings is 2. The number of hydrogen-bond donors (Lipinski definition) is 0. The Kier molecular flexibility index (Phi) is 5.60. The highest BCUT2D eigenvalue weighted by Crippen LogP contribution is 2.16. The molecule has 4 rings (SSSR count). The number of carbonyl (C=O) groups excluding carboxylic acids is 1. The highest BCUT2D eigenvalue weighted by atomic mass is 16.5. The van der Waals surface area contributed by atoms with Crippen LogP contribution in [0.2, 0.25) is 0 Å². The van der Waals surface area contributed by atoms with E-state index in [1.54, 1.807) is 18.3 Å². The lowest BCUT2D eigenvalue weighted by atomic mass is 10.2. The van der Waals surface area contributed by atoms with E-state index in [2.05, 4.69) is 14.9 Å². The van der Waals surface area contributed by atoms with Gasteiger partial charge in [0, 0.05) is 57.6 Å². The Hall–Kier alpha value is -2.51. The molecule has 7 nitrogen and oxygen atoms in total. The van der Waals surface area contributed by atoms with Crippen molar-refractivity contribution in [2.24, 2.45) is 0 Å². The van der Waals surface area contributed by atoms with E-state index in [-0.39, 0.29) is 12.0 Å². The van der Waals surface area contributed by atoms with Gasteiger partial charge in [-0.05, 0) is 18.2 Å². The number of amides is 1. The van der Waals surface area contributed by atoms with Crippen molar-refractivity contribution in [3.05, 3.63) is 54.0 Å². The van der Waals surface area contributed by atoms with E-state index in [4.69, 9.17) is 9.47 Å². The van der Waals surface area contributed by atoms with E-state index in [9.17, 15) is 4.79 Å². The van der Waals surface area contributed by atoms with Crippen molar-refractivity contribution in [3.8, 4) is 5.88 Å². The van der Waals surface area contributed by atoms with Crippen LogP contribution in [0.3, 0.4) is 0 Å². The molecule has 0 radical (unpaired) electrons. The van der Waals surface area contributed by atoms with Gasteiger partial charge in [-0.1, -0.05) is 6.07 Å². The maximum atomic E-state index is 12.7. The number of nitrogens with zero attached hydrogens (tertiary/aromatic N) is 4. The van der Waals surface area contributed by atoms with Crippen LogP contribution in [-0.4, -0.2) is 71.2 Å². The summed E-state index contributed by atoms with van der Waals surface area (Å²) in [6.07, 6.45) is 4.36. The van der Waals surface area contributed by atoms with Crippen molar-refractivity contribution in [1.29, 1.82) is 0 Å². The zero-order valence-electron chi connectivity index (χ0n) is 15.3. The molecule has 2 aliphatic heterocycles. The molecule has 0 bridgehead atoms. The molecule has 0 N–H and O–H groups in total. The predicted molar refractivity (Wildman–Crippen MR) is 99.5 cm³/mol. The Bertz CT molecular complexity index is 740. The van der Waals surface area contributed by atoms with Gasteiger partial charge in [0.25, 0.3) is 5.91 Å². The van der Waals surface area contributed by atoms with Crippen LogP contribution in [0.1, 0.15) is 22.5 Å². The number of hydrogen-bond acceptors (Lipinski definition) is 6. The number of piperazine rings is 1. The fourth-order valence-electron chi connectivity index (χ4n) is 3.37. The molecule has 2 aromatic rings. The van der Waals surface area contributed by atoms with Crippen molar-refractivity contribution >= 4 is 5.91 Å². The average Bonchev–Trinajstić information content (AvgIpc) is 3.22. The van der Waals surface area contributed by atoms with Crippen LogP contribution in [0, 0.1) is 0 Å². The summed E-state index contributed by atoms with van der Waals surface area (Å²) in [6, 6.07) is 9.52. The number of aromatic nitrogens is 2. The summed E-state index contributed by atoms with van der Waals surface area (Å²) >= 11 is 0. The molecule has 0 aromatic carbocycles. The molecule has 7 heteroatoms. The fourth-order valence-corrected chi connectivity index (χ4v) is 3.37. The van der Waals surface area contributed by atoms with Gasteiger partial charge >= 0.3 is 0 Å². The topological polar surface area (TPSA) is 67.8 Å². The van der Waals surface area contributed by atoms with Crippen LogP contribution >= 0.6 is 0 Å². The molecule has 1 unspecified atom stereocenters. The SMILES string of the molecule is O=C(c1ccc(OC2CCOC2)nc1)N1CCN(Cc2ccccn2)CC1. The fraction of sp³-hybridized carbons (Fsp3) is 0.450. The molecule has 2 saturated heterocycles. The number of ether oxygens (including phenoxy) is 2. The van der Waals surface area contributed by atoms with Gasteiger partial charge in [0.15, 0.2) is 0 Å². The summed E-state index contributed by atoms with van der Waals surface area (Å²) in [5, 5.41) is 0. The van der Waals surface area contributed by atoms with Gasteiger partial charge in [0.1, 0.15) is 6.10 Å². The van der Waals surface area contributed by atoms with Crippen molar-refractivity contribution in [1.82, 2.24) is 19.8 Å². The number of rotatable bonds is 5. The molecule has 0 aliphatic carbocycles. The predicted octanol–water partition coefficient (Wildman–Crippen LogP) is 1.60. The summed E-state index contributed by atoms with van der Waals surface area (Å²) in [6.45, 7) is 5.27. The van der Waals surface area contributed by atoms with Gasteiger partial charge in [-0.2, -0.15) is 0 Å². The smallest absolute Gasteiger partial charge is 0.255 e. The van der Waals surface area contributed by atoms with E-state index >= 15 is 0 Å². The van der Waals surface area contributed by atoms with Crippen molar-refractivity contribution in [2.75, 3.05) is 39.4 Å². The van der Waals surface area contributed by atoms with Crippen LogP contribution in [0.5, 0.6) is 5.88 Å². The molecule has 142 valence electrons. The van der Waals surface area contributed by atoms with E-state index in [0.29, 0.717) is 31.1 Å². The Morgan fingerprint density at radius 3 is 2.70 bits per heavy atom. The minimum atomic E-state index is 0.0238. The molecule has 0 saturated carbocycles. The molecule has 1 atom stereocenters. The minimum Gasteiger partial charge on any atom is -0.472 e. The highest BCUT2D eigenvalue weighted by Gasteiger charge is 2.23. The third-order valence-corrected chi connectivity index (χ3v) is 4.93. The zero-order valence-corrected chi connectivity index (χ0v) is 15.3. The first kappa shape index (κ1) is 17.9. The summed E-state index contributed by atoms with van der Waals surface area (Å²) < 4.78 is 11.0. The standard InChI is InChI=1S/C20H24N4O3/c25-20(16-4-5-19(22-13-16)27-18-6-12-26-15-18)24-10-8-23(9-11-24)14-17-3-1-2-7-21-17/h1-5,7,13,18H,6,8-12,14-15H2. The maximum Gasteiger partial charge on any atom is 0.255 e. The van der Waals surface area contributed by atoms with E-state index in [0.717, 1.165) is 38.4 Å². The molecule has 0 spiro atoms. The van der Waals surface area contributed by atoms with E-state index < -0.39 is 0 Å². The minimum absolute atomic E-state index is 0.0238. The second-order valence-corrected chi connectivity index (χ2v) is 6.88. The molecule has 2 aliphatic rings. The normalized spacial score (nSPS) is 20.6. The van der Waals surface area contributed by atoms with Gasteiger partial charge in [-0.25, -0.2) is 4.98 Å². The van der Waals surface area contributed by atoms with E-state index in [1.165, 1.54) is 0 Å². The summed E-state index contributed by atoms with van der Waals surface area (Å²) in [7, 11) is 0. The third kappa shape index (κ3) is 4.61. The Morgan fingerprint density at radius 1 is 1.15 bits per heavy atom. The van der Waals surface area contributed by atoms with Gasteiger partial charge < -0.3 is 14.4 Å². The van der Waals surface area contributed by atoms with Crippen molar-refractivity contribution in [3.63, 3.8) is 0 Å². The van der Waals surface area contributed by atoms with Crippen molar-refractivity contribution in [2.45, 2.75) is 19.1 Å². The van der Waals surface area contributed by atoms with Crippen molar-refractivity contribution < 1.29 is 14.3 Å². The summed E-state index contributed by atoms with van der Waals surface area (Å²) in [4.78, 5) is 25.6. The van der Waals surface area contributed by atoms with E-state index in [1.807, 2.05) is 29.3 Å². The molecule has 27 heavy (non-hydrogen) atoms. The number of carbonyl (C=O) groups is 1. The van der Waals surface area contributed by atoms with Crippen LogP contribution in [0.25, 0.3) is 0 Å². The molecule has 2 fully saturated rings.